The minimum Gasteiger partial charge on any atom is -0.344 e. The fourth-order valence-electron chi connectivity index (χ4n) is 3.27. The standard InChI is InChI=1S/C14H23N3O2/c1-16-6-4-10(8-16)9-17-7-5-12(18)15-13(14(17)19)11-2-3-11/h10-11,13H,2-9H2,1H3,(H,15,18). The van der Waals surface area contributed by atoms with Gasteiger partial charge in [0.15, 0.2) is 0 Å². The van der Waals surface area contributed by atoms with E-state index in [1.807, 2.05) is 4.90 Å². The first-order valence-electron chi connectivity index (χ1n) is 7.40. The summed E-state index contributed by atoms with van der Waals surface area (Å²) in [4.78, 5) is 28.5. The summed E-state index contributed by atoms with van der Waals surface area (Å²) in [6.07, 6.45) is 3.78. The van der Waals surface area contributed by atoms with Gasteiger partial charge in [0.05, 0.1) is 0 Å². The van der Waals surface area contributed by atoms with Gasteiger partial charge in [0.2, 0.25) is 11.8 Å². The maximum atomic E-state index is 12.5. The Hall–Kier alpha value is -1.10. The number of hydrogen-bond donors (Lipinski definition) is 1. The molecule has 0 aromatic carbocycles. The summed E-state index contributed by atoms with van der Waals surface area (Å²) in [5.41, 5.74) is 0. The van der Waals surface area contributed by atoms with Crippen molar-refractivity contribution in [3.05, 3.63) is 0 Å². The highest BCUT2D eigenvalue weighted by Gasteiger charge is 2.41. The molecule has 1 saturated carbocycles. The van der Waals surface area contributed by atoms with Crippen LogP contribution in [0.2, 0.25) is 0 Å². The van der Waals surface area contributed by atoms with Crippen LogP contribution in [0.1, 0.15) is 25.7 Å². The Morgan fingerprint density at radius 2 is 2.00 bits per heavy atom. The smallest absolute Gasteiger partial charge is 0.245 e. The van der Waals surface area contributed by atoms with Gasteiger partial charge in [-0.3, -0.25) is 9.59 Å². The van der Waals surface area contributed by atoms with Crippen LogP contribution in [0.3, 0.4) is 0 Å². The van der Waals surface area contributed by atoms with Gasteiger partial charge in [-0.25, -0.2) is 0 Å². The molecule has 0 spiro atoms. The molecule has 5 heteroatoms. The fraction of sp³-hybridized carbons (Fsp3) is 0.857. The predicted molar refractivity (Wildman–Crippen MR) is 71.5 cm³/mol. The lowest BCUT2D eigenvalue weighted by Crippen LogP contribution is -2.47. The van der Waals surface area contributed by atoms with Crippen LogP contribution < -0.4 is 5.32 Å². The lowest BCUT2D eigenvalue weighted by Gasteiger charge is -2.26. The molecule has 2 saturated heterocycles. The molecule has 0 aromatic heterocycles. The molecule has 3 fully saturated rings. The van der Waals surface area contributed by atoms with Gasteiger partial charge in [-0.2, -0.15) is 0 Å². The average Bonchev–Trinajstić information content (AvgIpc) is 3.14. The van der Waals surface area contributed by atoms with Gasteiger partial charge in [-0.1, -0.05) is 0 Å². The highest BCUT2D eigenvalue weighted by molar-refractivity contribution is 5.90. The summed E-state index contributed by atoms with van der Waals surface area (Å²) in [6, 6.07) is -0.242. The van der Waals surface area contributed by atoms with Crippen LogP contribution in [0.5, 0.6) is 0 Å². The zero-order valence-electron chi connectivity index (χ0n) is 11.6. The first-order chi connectivity index (χ1) is 9.13. The Bertz CT molecular complexity index is 381. The van der Waals surface area contributed by atoms with Gasteiger partial charge in [0.1, 0.15) is 6.04 Å². The molecule has 0 bridgehead atoms. The van der Waals surface area contributed by atoms with Crippen molar-refractivity contribution in [3.63, 3.8) is 0 Å². The number of nitrogens with zero attached hydrogens (tertiary/aromatic N) is 2. The fourth-order valence-corrected chi connectivity index (χ4v) is 3.27. The maximum absolute atomic E-state index is 12.5. The van der Waals surface area contributed by atoms with Crippen LogP contribution in [0.4, 0.5) is 0 Å². The molecular weight excluding hydrogens is 242 g/mol. The number of hydrogen-bond acceptors (Lipinski definition) is 3. The monoisotopic (exact) mass is 265 g/mol. The van der Waals surface area contributed by atoms with Crippen molar-refractivity contribution in [2.75, 3.05) is 33.2 Å². The number of carbonyl (C=O) groups is 2. The lowest BCUT2D eigenvalue weighted by atomic mass is 10.1. The Labute approximate surface area is 114 Å². The quantitative estimate of drug-likeness (QED) is 0.785. The van der Waals surface area contributed by atoms with Crippen molar-refractivity contribution < 1.29 is 9.59 Å². The third-order valence-corrected chi connectivity index (χ3v) is 4.56. The third-order valence-electron chi connectivity index (χ3n) is 4.56. The van der Waals surface area contributed by atoms with E-state index in [-0.39, 0.29) is 17.9 Å². The molecule has 2 aliphatic heterocycles. The van der Waals surface area contributed by atoms with Crippen molar-refractivity contribution in [3.8, 4) is 0 Å². The molecule has 3 aliphatic rings. The SMILES string of the molecule is CN1CCC(CN2CCC(=O)NC(C3CC3)C2=O)C1. The number of nitrogens with one attached hydrogen (secondary N) is 1. The van der Waals surface area contributed by atoms with Gasteiger partial charge < -0.3 is 15.1 Å². The van der Waals surface area contributed by atoms with Crippen molar-refractivity contribution in [1.82, 2.24) is 15.1 Å². The molecule has 0 radical (unpaired) electrons. The van der Waals surface area contributed by atoms with E-state index in [1.165, 1.54) is 0 Å². The van der Waals surface area contributed by atoms with E-state index in [4.69, 9.17) is 0 Å². The zero-order chi connectivity index (χ0) is 13.4. The number of rotatable bonds is 3. The van der Waals surface area contributed by atoms with E-state index in [2.05, 4.69) is 17.3 Å². The van der Waals surface area contributed by atoms with E-state index < -0.39 is 0 Å². The Balaban J connectivity index is 1.65. The van der Waals surface area contributed by atoms with Crippen molar-refractivity contribution in [1.29, 1.82) is 0 Å². The second kappa shape index (κ2) is 5.12. The molecule has 2 amide bonds. The predicted octanol–water partition coefficient (Wildman–Crippen LogP) is 0.0652. The van der Waals surface area contributed by atoms with Crippen LogP contribution in [0.15, 0.2) is 0 Å². The van der Waals surface area contributed by atoms with Crippen molar-refractivity contribution >= 4 is 11.8 Å². The molecule has 0 aromatic rings. The summed E-state index contributed by atoms with van der Waals surface area (Å²) in [5, 5.41) is 2.91. The summed E-state index contributed by atoms with van der Waals surface area (Å²) in [6.45, 7) is 3.60. The summed E-state index contributed by atoms with van der Waals surface area (Å²) in [5.74, 6) is 1.16. The molecule has 3 rings (SSSR count). The molecule has 1 aliphatic carbocycles. The molecule has 5 nitrogen and oxygen atoms in total. The average molecular weight is 265 g/mol. The molecule has 19 heavy (non-hydrogen) atoms. The van der Waals surface area contributed by atoms with Crippen LogP contribution in [-0.4, -0.2) is 60.9 Å². The minimum atomic E-state index is -0.242. The Morgan fingerprint density at radius 1 is 1.21 bits per heavy atom. The minimum absolute atomic E-state index is 0.0382. The van der Waals surface area contributed by atoms with Gasteiger partial charge in [0, 0.05) is 26.1 Å². The van der Waals surface area contributed by atoms with Gasteiger partial charge in [-0.15, -0.1) is 0 Å². The van der Waals surface area contributed by atoms with Crippen molar-refractivity contribution in [2.24, 2.45) is 11.8 Å². The molecule has 106 valence electrons. The van der Waals surface area contributed by atoms with E-state index in [1.54, 1.807) is 0 Å². The van der Waals surface area contributed by atoms with E-state index >= 15 is 0 Å². The van der Waals surface area contributed by atoms with E-state index in [0.717, 1.165) is 38.9 Å². The number of likely N-dealkylation sites (tertiary alicyclic amines) is 1. The highest BCUT2D eigenvalue weighted by atomic mass is 16.2. The molecule has 1 N–H and O–H groups in total. The first-order valence-corrected chi connectivity index (χ1v) is 7.40. The van der Waals surface area contributed by atoms with Crippen LogP contribution >= 0.6 is 0 Å². The lowest BCUT2D eigenvalue weighted by molar-refractivity contribution is -0.134. The summed E-state index contributed by atoms with van der Waals surface area (Å²) in [7, 11) is 2.13. The molecule has 2 heterocycles. The topological polar surface area (TPSA) is 52.6 Å². The number of carbonyl (C=O) groups excluding carboxylic acids is 2. The molecule has 2 unspecified atom stereocenters. The summed E-state index contributed by atoms with van der Waals surface area (Å²) < 4.78 is 0. The van der Waals surface area contributed by atoms with Crippen LogP contribution in [-0.2, 0) is 9.59 Å². The third kappa shape index (κ3) is 2.91. The van der Waals surface area contributed by atoms with Gasteiger partial charge >= 0.3 is 0 Å². The number of amides is 2. The molecular formula is C14H23N3O2. The normalized spacial score (nSPS) is 33.4. The Morgan fingerprint density at radius 3 is 2.63 bits per heavy atom. The Kier molecular flexibility index (Phi) is 3.48. The zero-order valence-corrected chi connectivity index (χ0v) is 11.6. The van der Waals surface area contributed by atoms with Crippen LogP contribution in [0.25, 0.3) is 0 Å². The highest BCUT2D eigenvalue weighted by Crippen LogP contribution is 2.34. The van der Waals surface area contributed by atoms with E-state index in [9.17, 15) is 9.59 Å². The second-order valence-corrected chi connectivity index (χ2v) is 6.33. The van der Waals surface area contributed by atoms with Crippen LogP contribution in [0, 0.1) is 11.8 Å². The van der Waals surface area contributed by atoms with Gasteiger partial charge in [-0.05, 0) is 44.7 Å². The summed E-state index contributed by atoms with van der Waals surface area (Å²) >= 11 is 0. The maximum Gasteiger partial charge on any atom is 0.245 e. The van der Waals surface area contributed by atoms with E-state index in [0.29, 0.717) is 24.8 Å². The first kappa shape index (κ1) is 12.9. The molecule has 2 atom stereocenters. The van der Waals surface area contributed by atoms with Crippen molar-refractivity contribution in [2.45, 2.75) is 31.7 Å². The second-order valence-electron chi connectivity index (χ2n) is 6.33. The largest absolute Gasteiger partial charge is 0.344 e. The van der Waals surface area contributed by atoms with Gasteiger partial charge in [0.25, 0.3) is 0 Å².